The zero-order chi connectivity index (χ0) is 14.1. The van der Waals surface area contributed by atoms with Crippen molar-refractivity contribution in [3.63, 3.8) is 0 Å². The number of methoxy groups -OCH3 is 1. The van der Waals surface area contributed by atoms with Gasteiger partial charge in [-0.3, -0.25) is 4.79 Å². The van der Waals surface area contributed by atoms with Crippen LogP contribution in [0.3, 0.4) is 0 Å². The Bertz CT molecular complexity index is 664. The fraction of sp³-hybridized carbons (Fsp3) is 0.235. The number of hydrogen-bond acceptors (Lipinski definition) is 2. The molecular formula is C17H15BrO2. The molecule has 0 fully saturated rings. The van der Waals surface area contributed by atoms with Crippen LogP contribution in [0.1, 0.15) is 21.5 Å². The highest BCUT2D eigenvalue weighted by molar-refractivity contribution is 9.10. The molecule has 0 N–H and O–H groups in total. The standard InChI is InChI=1S/C17H15BrO2/c1-20-16-7-6-14(18)10-12(16)9-13-8-11-4-2-3-5-15(11)17(13)19/h2-7,10,13H,8-9H2,1H3. The molecule has 1 unspecified atom stereocenters. The van der Waals surface area contributed by atoms with Crippen LogP contribution in [-0.2, 0) is 12.8 Å². The van der Waals surface area contributed by atoms with Gasteiger partial charge in [-0.05, 0) is 42.2 Å². The smallest absolute Gasteiger partial charge is 0.166 e. The van der Waals surface area contributed by atoms with Gasteiger partial charge >= 0.3 is 0 Å². The van der Waals surface area contributed by atoms with Gasteiger partial charge in [-0.15, -0.1) is 0 Å². The molecule has 20 heavy (non-hydrogen) atoms. The highest BCUT2D eigenvalue weighted by Gasteiger charge is 2.30. The molecule has 0 saturated heterocycles. The Balaban J connectivity index is 1.87. The average Bonchev–Trinajstić information content (AvgIpc) is 2.76. The average molecular weight is 331 g/mol. The van der Waals surface area contributed by atoms with E-state index in [1.165, 1.54) is 0 Å². The van der Waals surface area contributed by atoms with E-state index in [-0.39, 0.29) is 11.7 Å². The lowest BCUT2D eigenvalue weighted by Gasteiger charge is -2.12. The van der Waals surface area contributed by atoms with E-state index in [2.05, 4.69) is 15.9 Å². The third-order valence-corrected chi connectivity index (χ3v) is 4.32. The summed E-state index contributed by atoms with van der Waals surface area (Å²) in [7, 11) is 1.66. The van der Waals surface area contributed by atoms with Crippen molar-refractivity contribution in [1.82, 2.24) is 0 Å². The van der Waals surface area contributed by atoms with Crippen LogP contribution in [0.2, 0.25) is 0 Å². The van der Waals surface area contributed by atoms with E-state index in [0.29, 0.717) is 0 Å². The molecule has 2 aromatic carbocycles. The van der Waals surface area contributed by atoms with E-state index in [4.69, 9.17) is 4.74 Å². The SMILES string of the molecule is COc1ccc(Br)cc1CC1Cc2ccccc2C1=O. The maximum Gasteiger partial charge on any atom is 0.166 e. The lowest BCUT2D eigenvalue weighted by atomic mass is 9.95. The van der Waals surface area contributed by atoms with Gasteiger partial charge in [0.25, 0.3) is 0 Å². The van der Waals surface area contributed by atoms with Gasteiger partial charge in [0.15, 0.2) is 5.78 Å². The fourth-order valence-electron chi connectivity index (χ4n) is 2.85. The zero-order valence-electron chi connectivity index (χ0n) is 11.2. The van der Waals surface area contributed by atoms with Gasteiger partial charge in [-0.1, -0.05) is 40.2 Å². The van der Waals surface area contributed by atoms with Crippen LogP contribution in [0.5, 0.6) is 5.75 Å². The summed E-state index contributed by atoms with van der Waals surface area (Å²) < 4.78 is 6.40. The molecule has 2 nitrogen and oxygen atoms in total. The van der Waals surface area contributed by atoms with Crippen LogP contribution >= 0.6 is 15.9 Å². The van der Waals surface area contributed by atoms with Crippen molar-refractivity contribution in [3.8, 4) is 5.75 Å². The first-order chi connectivity index (χ1) is 9.69. The largest absolute Gasteiger partial charge is 0.496 e. The quantitative estimate of drug-likeness (QED) is 0.848. The lowest BCUT2D eigenvalue weighted by molar-refractivity contribution is 0.0936. The molecule has 0 aromatic heterocycles. The third kappa shape index (κ3) is 2.38. The number of ketones is 1. The molecule has 0 aliphatic heterocycles. The van der Waals surface area contributed by atoms with Gasteiger partial charge in [0.1, 0.15) is 5.75 Å². The Kier molecular flexibility index (Phi) is 3.62. The minimum Gasteiger partial charge on any atom is -0.496 e. The maximum absolute atomic E-state index is 12.4. The second kappa shape index (κ2) is 5.41. The van der Waals surface area contributed by atoms with Crippen molar-refractivity contribution < 1.29 is 9.53 Å². The van der Waals surface area contributed by atoms with Crippen LogP contribution in [0.4, 0.5) is 0 Å². The second-order valence-corrected chi connectivity index (χ2v) is 6.00. The predicted molar refractivity (Wildman–Crippen MR) is 82.4 cm³/mol. The summed E-state index contributed by atoms with van der Waals surface area (Å²) >= 11 is 3.48. The van der Waals surface area contributed by atoms with Crippen LogP contribution in [0.25, 0.3) is 0 Å². The number of carbonyl (C=O) groups excluding carboxylic acids is 1. The highest BCUT2D eigenvalue weighted by Crippen LogP contribution is 2.32. The minimum atomic E-state index is 0.0237. The van der Waals surface area contributed by atoms with E-state index < -0.39 is 0 Å². The Morgan fingerprint density at radius 2 is 2.05 bits per heavy atom. The molecule has 0 radical (unpaired) electrons. The van der Waals surface area contributed by atoms with E-state index in [9.17, 15) is 4.79 Å². The number of fused-ring (bicyclic) bond motifs is 1. The van der Waals surface area contributed by atoms with Gasteiger partial charge in [0, 0.05) is 16.0 Å². The van der Waals surface area contributed by atoms with Gasteiger partial charge in [0.2, 0.25) is 0 Å². The maximum atomic E-state index is 12.4. The molecule has 1 aliphatic carbocycles. The van der Waals surface area contributed by atoms with Gasteiger partial charge in [0.05, 0.1) is 7.11 Å². The fourth-order valence-corrected chi connectivity index (χ4v) is 3.26. The molecule has 0 bridgehead atoms. The van der Waals surface area contributed by atoms with Crippen molar-refractivity contribution in [3.05, 3.63) is 63.6 Å². The highest BCUT2D eigenvalue weighted by atomic mass is 79.9. The number of benzene rings is 2. The summed E-state index contributed by atoms with van der Waals surface area (Å²) in [6, 6.07) is 13.8. The van der Waals surface area contributed by atoms with Gasteiger partial charge < -0.3 is 4.74 Å². The molecule has 0 spiro atoms. The molecule has 3 rings (SSSR count). The number of ether oxygens (including phenoxy) is 1. The van der Waals surface area contributed by atoms with Crippen molar-refractivity contribution in [1.29, 1.82) is 0 Å². The first kappa shape index (κ1) is 13.4. The molecule has 0 saturated carbocycles. The van der Waals surface area contributed by atoms with Crippen molar-refractivity contribution >= 4 is 21.7 Å². The Labute approximate surface area is 126 Å². The molecular weight excluding hydrogens is 316 g/mol. The van der Waals surface area contributed by atoms with Crippen LogP contribution in [0, 0.1) is 5.92 Å². The van der Waals surface area contributed by atoms with Crippen LogP contribution < -0.4 is 4.74 Å². The monoisotopic (exact) mass is 330 g/mol. The molecule has 0 amide bonds. The van der Waals surface area contributed by atoms with Crippen LogP contribution in [0.15, 0.2) is 46.9 Å². The van der Waals surface area contributed by atoms with E-state index in [0.717, 1.165) is 39.8 Å². The first-order valence-electron chi connectivity index (χ1n) is 6.63. The van der Waals surface area contributed by atoms with Crippen molar-refractivity contribution in [2.75, 3.05) is 7.11 Å². The summed E-state index contributed by atoms with van der Waals surface area (Å²) in [5, 5.41) is 0. The Hall–Kier alpha value is -1.61. The number of hydrogen-bond donors (Lipinski definition) is 0. The molecule has 2 aromatic rings. The first-order valence-corrected chi connectivity index (χ1v) is 7.43. The summed E-state index contributed by atoms with van der Waals surface area (Å²) in [5.41, 5.74) is 3.12. The summed E-state index contributed by atoms with van der Waals surface area (Å²) in [6.07, 6.45) is 1.54. The summed E-state index contributed by atoms with van der Waals surface area (Å²) in [6.45, 7) is 0. The Morgan fingerprint density at radius 1 is 1.25 bits per heavy atom. The normalized spacial score (nSPS) is 17.1. The zero-order valence-corrected chi connectivity index (χ0v) is 12.8. The van der Waals surface area contributed by atoms with Crippen molar-refractivity contribution in [2.24, 2.45) is 5.92 Å². The summed E-state index contributed by atoms with van der Waals surface area (Å²) in [5.74, 6) is 1.12. The molecule has 1 atom stereocenters. The van der Waals surface area contributed by atoms with Crippen LogP contribution in [-0.4, -0.2) is 12.9 Å². The van der Waals surface area contributed by atoms with E-state index >= 15 is 0 Å². The van der Waals surface area contributed by atoms with Crippen molar-refractivity contribution in [2.45, 2.75) is 12.8 Å². The number of carbonyl (C=O) groups is 1. The number of halogens is 1. The predicted octanol–water partition coefficient (Wildman–Crippen LogP) is 4.06. The molecule has 1 aliphatic rings. The topological polar surface area (TPSA) is 26.3 Å². The third-order valence-electron chi connectivity index (χ3n) is 3.83. The van der Waals surface area contributed by atoms with Gasteiger partial charge in [-0.2, -0.15) is 0 Å². The lowest BCUT2D eigenvalue weighted by Crippen LogP contribution is -2.12. The molecule has 3 heteroatoms. The molecule has 102 valence electrons. The number of Topliss-reactive ketones (excluding diaryl/α,β-unsaturated/α-hetero) is 1. The summed E-state index contributed by atoms with van der Waals surface area (Å²) in [4.78, 5) is 12.4. The minimum absolute atomic E-state index is 0.0237. The molecule has 0 heterocycles. The number of rotatable bonds is 3. The van der Waals surface area contributed by atoms with E-state index in [1.807, 2.05) is 42.5 Å². The second-order valence-electron chi connectivity index (χ2n) is 5.08. The van der Waals surface area contributed by atoms with E-state index in [1.54, 1.807) is 7.11 Å². The van der Waals surface area contributed by atoms with Gasteiger partial charge in [-0.25, -0.2) is 0 Å². The Morgan fingerprint density at radius 3 is 2.80 bits per heavy atom.